The van der Waals surface area contributed by atoms with Crippen LogP contribution in [0.15, 0.2) is 12.4 Å². The summed E-state index contributed by atoms with van der Waals surface area (Å²) in [4.78, 5) is 4.07. The van der Waals surface area contributed by atoms with Crippen LogP contribution in [0, 0.1) is 0 Å². The number of nitrogens with one attached hydrogen (secondary N) is 1. The Kier molecular flexibility index (Phi) is 2.60. The molecule has 3 rings (SSSR count). The number of anilines is 1. The van der Waals surface area contributed by atoms with E-state index in [1.54, 1.807) is 16.9 Å². The molecule has 2 N–H and O–H groups in total. The Morgan fingerprint density at radius 1 is 1.29 bits per heavy atom. The van der Waals surface area contributed by atoms with Gasteiger partial charge in [-0.3, -0.25) is 4.98 Å². The van der Waals surface area contributed by atoms with Crippen LogP contribution in [0.2, 0.25) is 0 Å². The molecule has 0 spiro atoms. The molecule has 0 amide bonds. The van der Waals surface area contributed by atoms with Crippen molar-refractivity contribution in [1.29, 1.82) is 0 Å². The van der Waals surface area contributed by atoms with E-state index >= 15 is 0 Å². The van der Waals surface area contributed by atoms with Crippen molar-refractivity contribution in [2.45, 2.75) is 37.8 Å². The lowest BCUT2D eigenvalue weighted by atomic mass is 9.93. The van der Waals surface area contributed by atoms with Gasteiger partial charge in [0.2, 0.25) is 0 Å². The van der Waals surface area contributed by atoms with Gasteiger partial charge in [0.05, 0.1) is 24.5 Å². The highest BCUT2D eigenvalue weighted by Crippen LogP contribution is 2.21. The highest BCUT2D eigenvalue weighted by molar-refractivity contribution is 5.44. The lowest BCUT2D eigenvalue weighted by molar-refractivity contribution is 0.116. The molecule has 2 aromatic heterocycles. The van der Waals surface area contributed by atoms with Crippen LogP contribution >= 0.6 is 0 Å². The minimum atomic E-state index is -0.310. The Bertz CT molecular complexity index is 512. The van der Waals surface area contributed by atoms with Crippen LogP contribution in [-0.2, 0) is 0 Å². The second-order valence-corrected chi connectivity index (χ2v) is 4.34. The van der Waals surface area contributed by atoms with Gasteiger partial charge in [-0.1, -0.05) is 12.8 Å². The molecule has 1 aliphatic carbocycles. The summed E-state index contributed by atoms with van der Waals surface area (Å²) in [5.41, 5.74) is 0.597. The smallest absolute Gasteiger partial charge is 0.199 e. The van der Waals surface area contributed by atoms with Crippen LogP contribution in [0.1, 0.15) is 25.7 Å². The van der Waals surface area contributed by atoms with Gasteiger partial charge in [-0.25, -0.2) is 0 Å². The molecule has 90 valence electrons. The summed E-state index contributed by atoms with van der Waals surface area (Å²) < 4.78 is 1.59. The largest absolute Gasteiger partial charge is 0.391 e. The highest BCUT2D eigenvalue weighted by atomic mass is 16.3. The van der Waals surface area contributed by atoms with E-state index in [9.17, 15) is 5.11 Å². The summed E-state index contributed by atoms with van der Waals surface area (Å²) in [6.07, 6.45) is 6.99. The molecule has 2 aromatic rings. The number of nitrogens with zero attached hydrogens (tertiary/aromatic N) is 5. The molecular weight excluding hydrogens is 220 g/mol. The molecule has 17 heavy (non-hydrogen) atoms. The molecule has 1 saturated carbocycles. The molecule has 2 atom stereocenters. The van der Waals surface area contributed by atoms with E-state index in [1.807, 2.05) is 0 Å². The van der Waals surface area contributed by atoms with E-state index in [1.165, 1.54) is 0 Å². The number of hydrogen-bond donors (Lipinski definition) is 2. The summed E-state index contributed by atoms with van der Waals surface area (Å²) in [7, 11) is 0. The third-order valence-corrected chi connectivity index (χ3v) is 3.17. The predicted molar refractivity (Wildman–Crippen MR) is 60.5 cm³/mol. The molecule has 2 unspecified atom stereocenters. The van der Waals surface area contributed by atoms with Crippen LogP contribution in [-0.4, -0.2) is 42.3 Å². The van der Waals surface area contributed by atoms with Crippen molar-refractivity contribution in [3.63, 3.8) is 0 Å². The van der Waals surface area contributed by atoms with Crippen molar-refractivity contribution < 1.29 is 5.11 Å². The first kappa shape index (κ1) is 10.4. The molecule has 0 radical (unpaired) electrons. The summed E-state index contributed by atoms with van der Waals surface area (Å²) >= 11 is 0. The van der Waals surface area contributed by atoms with Gasteiger partial charge >= 0.3 is 0 Å². The van der Waals surface area contributed by atoms with Gasteiger partial charge in [0, 0.05) is 0 Å². The molecule has 0 aliphatic heterocycles. The van der Waals surface area contributed by atoms with Gasteiger partial charge in [0.1, 0.15) is 0 Å². The zero-order valence-corrected chi connectivity index (χ0v) is 9.32. The van der Waals surface area contributed by atoms with Gasteiger partial charge in [0.15, 0.2) is 11.5 Å². The normalized spacial score (nSPS) is 25.0. The fourth-order valence-electron chi connectivity index (χ4n) is 2.24. The first-order valence-corrected chi connectivity index (χ1v) is 5.81. The van der Waals surface area contributed by atoms with Crippen LogP contribution < -0.4 is 5.32 Å². The maximum absolute atomic E-state index is 9.91. The lowest BCUT2D eigenvalue weighted by Gasteiger charge is -2.28. The highest BCUT2D eigenvalue weighted by Gasteiger charge is 2.23. The SMILES string of the molecule is OC1CCCCC1Nc1cncc2nnnn12. The van der Waals surface area contributed by atoms with Crippen molar-refractivity contribution in [2.75, 3.05) is 5.32 Å². The van der Waals surface area contributed by atoms with E-state index in [0.29, 0.717) is 5.65 Å². The van der Waals surface area contributed by atoms with E-state index in [0.717, 1.165) is 31.5 Å². The molecule has 1 aliphatic rings. The van der Waals surface area contributed by atoms with Crippen molar-refractivity contribution >= 4 is 11.5 Å². The zero-order chi connectivity index (χ0) is 11.7. The molecule has 2 heterocycles. The number of aromatic nitrogens is 5. The average molecular weight is 234 g/mol. The Balaban J connectivity index is 1.86. The molecule has 7 nitrogen and oxygen atoms in total. The Labute approximate surface area is 97.9 Å². The van der Waals surface area contributed by atoms with Crippen molar-refractivity contribution in [3.8, 4) is 0 Å². The van der Waals surface area contributed by atoms with Gasteiger partial charge in [-0.2, -0.15) is 4.52 Å². The van der Waals surface area contributed by atoms with Gasteiger partial charge in [0.25, 0.3) is 0 Å². The Hall–Kier alpha value is -1.76. The summed E-state index contributed by atoms with van der Waals surface area (Å²) in [6.45, 7) is 0. The molecule has 1 fully saturated rings. The van der Waals surface area contributed by atoms with Gasteiger partial charge in [-0.15, -0.1) is 5.10 Å². The second-order valence-electron chi connectivity index (χ2n) is 4.34. The minimum absolute atomic E-state index is 0.0559. The van der Waals surface area contributed by atoms with Crippen molar-refractivity contribution in [2.24, 2.45) is 0 Å². The number of aliphatic hydroxyl groups is 1. The topological polar surface area (TPSA) is 88.2 Å². The molecule has 0 bridgehead atoms. The maximum atomic E-state index is 9.91. The van der Waals surface area contributed by atoms with Crippen LogP contribution in [0.3, 0.4) is 0 Å². The van der Waals surface area contributed by atoms with Crippen molar-refractivity contribution in [3.05, 3.63) is 12.4 Å². The van der Waals surface area contributed by atoms with E-state index in [2.05, 4.69) is 25.8 Å². The summed E-state index contributed by atoms with van der Waals surface area (Å²) in [6, 6.07) is 0.0559. The molecule has 0 aromatic carbocycles. The third kappa shape index (κ3) is 1.93. The average Bonchev–Trinajstić information content (AvgIpc) is 2.81. The number of aliphatic hydroxyl groups excluding tert-OH is 1. The van der Waals surface area contributed by atoms with Crippen LogP contribution in [0.25, 0.3) is 5.65 Å². The lowest BCUT2D eigenvalue weighted by Crippen LogP contribution is -2.36. The number of hydrogen-bond acceptors (Lipinski definition) is 6. The molecule has 0 saturated heterocycles. The summed E-state index contributed by atoms with van der Waals surface area (Å²) in [5, 5.41) is 24.5. The van der Waals surface area contributed by atoms with Crippen LogP contribution in [0.5, 0.6) is 0 Å². The first-order valence-electron chi connectivity index (χ1n) is 5.81. The standard InChI is InChI=1S/C10H14N6O/c17-8-4-2-1-3-7(8)12-9-5-11-6-10-13-14-15-16(9)10/h5-8,12,17H,1-4H2. The van der Waals surface area contributed by atoms with Gasteiger partial charge in [-0.05, 0) is 23.3 Å². The van der Waals surface area contributed by atoms with E-state index < -0.39 is 0 Å². The van der Waals surface area contributed by atoms with Gasteiger partial charge < -0.3 is 10.4 Å². The fourth-order valence-corrected chi connectivity index (χ4v) is 2.24. The Morgan fingerprint density at radius 3 is 3.06 bits per heavy atom. The number of rotatable bonds is 2. The quantitative estimate of drug-likeness (QED) is 0.773. The van der Waals surface area contributed by atoms with E-state index in [-0.39, 0.29) is 12.1 Å². The fraction of sp³-hybridized carbons (Fsp3) is 0.600. The zero-order valence-electron chi connectivity index (χ0n) is 9.32. The van der Waals surface area contributed by atoms with E-state index in [4.69, 9.17) is 0 Å². The number of tetrazole rings is 1. The Morgan fingerprint density at radius 2 is 2.18 bits per heavy atom. The summed E-state index contributed by atoms with van der Waals surface area (Å²) in [5.74, 6) is 0.721. The van der Waals surface area contributed by atoms with Crippen LogP contribution in [0.4, 0.5) is 5.82 Å². The molecular formula is C10H14N6O. The maximum Gasteiger partial charge on any atom is 0.199 e. The predicted octanol–water partition coefficient (Wildman–Crippen LogP) is 0.235. The second kappa shape index (κ2) is 4.25. The van der Waals surface area contributed by atoms with Crippen molar-refractivity contribution in [1.82, 2.24) is 25.0 Å². The number of fused-ring (bicyclic) bond motifs is 1. The minimum Gasteiger partial charge on any atom is -0.391 e. The molecule has 7 heteroatoms. The monoisotopic (exact) mass is 234 g/mol. The first-order chi connectivity index (χ1) is 8.34. The third-order valence-electron chi connectivity index (χ3n) is 3.17.